The summed E-state index contributed by atoms with van der Waals surface area (Å²) in [7, 11) is 0. The zero-order chi connectivity index (χ0) is 16.0. The van der Waals surface area contributed by atoms with Gasteiger partial charge in [0.1, 0.15) is 0 Å². The molecular formula is C17H22Br2N4. The first-order valence-corrected chi connectivity index (χ1v) is 10.1. The minimum atomic E-state index is 0.595. The summed E-state index contributed by atoms with van der Waals surface area (Å²) in [5, 5.41) is 3.44. The summed E-state index contributed by atoms with van der Waals surface area (Å²) in [6.45, 7) is 6.32. The lowest BCUT2D eigenvalue weighted by molar-refractivity contribution is 0.508. The molecule has 1 N–H and O–H groups in total. The van der Waals surface area contributed by atoms with Gasteiger partial charge in [-0.1, -0.05) is 12.8 Å². The monoisotopic (exact) mass is 440 g/mol. The molecule has 124 valence electrons. The Labute approximate surface area is 153 Å². The Morgan fingerprint density at radius 3 is 2.57 bits per heavy atom. The standard InChI is InChI=1S/C17H22Br2N4/c1-11-15(19)13(18)10-14-16(11)21-17(22-8-6-20-7-9-22)23(14)12-4-2-3-5-12/h10,12,20H,2-9H2,1H3. The van der Waals surface area contributed by atoms with E-state index in [1.54, 1.807) is 0 Å². The summed E-state index contributed by atoms with van der Waals surface area (Å²) in [4.78, 5) is 7.55. The van der Waals surface area contributed by atoms with E-state index in [1.807, 2.05) is 0 Å². The SMILES string of the molecule is Cc1c(Br)c(Br)cc2c1nc(N1CCNCC1)n2C1CCCC1. The van der Waals surface area contributed by atoms with E-state index in [1.165, 1.54) is 42.7 Å². The Morgan fingerprint density at radius 1 is 1.17 bits per heavy atom. The van der Waals surface area contributed by atoms with Crippen LogP contribution in [0, 0.1) is 6.92 Å². The Kier molecular flexibility index (Phi) is 4.41. The summed E-state index contributed by atoms with van der Waals surface area (Å²) < 4.78 is 4.76. The highest BCUT2D eigenvalue weighted by molar-refractivity contribution is 9.13. The molecule has 1 aliphatic heterocycles. The largest absolute Gasteiger partial charge is 0.340 e. The molecular weight excluding hydrogens is 420 g/mol. The third-order valence-corrected chi connectivity index (χ3v) is 7.36. The van der Waals surface area contributed by atoms with Crippen LogP contribution >= 0.6 is 31.9 Å². The number of piperazine rings is 1. The second-order valence-electron chi connectivity index (χ2n) is 6.62. The van der Waals surface area contributed by atoms with Crippen LogP contribution in [0.2, 0.25) is 0 Å². The van der Waals surface area contributed by atoms with Crippen LogP contribution in [-0.2, 0) is 0 Å². The van der Waals surface area contributed by atoms with E-state index in [2.05, 4.69) is 59.6 Å². The molecule has 1 saturated carbocycles. The highest BCUT2D eigenvalue weighted by Crippen LogP contribution is 2.40. The topological polar surface area (TPSA) is 33.1 Å². The van der Waals surface area contributed by atoms with E-state index in [0.29, 0.717) is 6.04 Å². The number of nitrogens with zero attached hydrogens (tertiary/aromatic N) is 3. The van der Waals surface area contributed by atoms with E-state index in [-0.39, 0.29) is 0 Å². The lowest BCUT2D eigenvalue weighted by Gasteiger charge is -2.30. The quantitative estimate of drug-likeness (QED) is 0.749. The molecule has 23 heavy (non-hydrogen) atoms. The predicted octanol–water partition coefficient (Wildman–Crippen LogP) is 4.39. The van der Waals surface area contributed by atoms with Crippen molar-refractivity contribution in [2.24, 2.45) is 0 Å². The van der Waals surface area contributed by atoms with Gasteiger partial charge in [0, 0.05) is 41.2 Å². The fraction of sp³-hybridized carbons (Fsp3) is 0.588. The van der Waals surface area contributed by atoms with Gasteiger partial charge in [0.05, 0.1) is 11.0 Å². The van der Waals surface area contributed by atoms with Gasteiger partial charge in [-0.15, -0.1) is 0 Å². The lowest BCUT2D eigenvalue weighted by atomic mass is 10.2. The highest BCUT2D eigenvalue weighted by atomic mass is 79.9. The number of fused-ring (bicyclic) bond motifs is 1. The number of benzene rings is 1. The smallest absolute Gasteiger partial charge is 0.206 e. The number of imidazole rings is 1. The van der Waals surface area contributed by atoms with Crippen LogP contribution in [0.3, 0.4) is 0 Å². The van der Waals surface area contributed by atoms with Crippen LogP contribution in [0.4, 0.5) is 5.95 Å². The Hall–Kier alpha value is -0.590. The molecule has 2 heterocycles. The average molecular weight is 442 g/mol. The summed E-state index contributed by atoms with van der Waals surface area (Å²) >= 11 is 7.40. The molecule has 2 fully saturated rings. The zero-order valence-electron chi connectivity index (χ0n) is 13.4. The van der Waals surface area contributed by atoms with Gasteiger partial charge < -0.3 is 14.8 Å². The van der Waals surface area contributed by atoms with Crippen LogP contribution in [0.5, 0.6) is 0 Å². The molecule has 0 atom stereocenters. The average Bonchev–Trinajstić information content (AvgIpc) is 3.21. The van der Waals surface area contributed by atoms with E-state index >= 15 is 0 Å². The minimum absolute atomic E-state index is 0.595. The number of aromatic nitrogens is 2. The highest BCUT2D eigenvalue weighted by Gasteiger charge is 2.27. The molecule has 1 aliphatic carbocycles. The van der Waals surface area contributed by atoms with Crippen molar-refractivity contribution in [3.8, 4) is 0 Å². The van der Waals surface area contributed by atoms with Gasteiger partial charge >= 0.3 is 0 Å². The molecule has 0 bridgehead atoms. The maximum absolute atomic E-state index is 5.09. The first-order valence-electron chi connectivity index (χ1n) is 8.49. The van der Waals surface area contributed by atoms with Crippen LogP contribution in [0.25, 0.3) is 11.0 Å². The first kappa shape index (κ1) is 15.9. The molecule has 4 nitrogen and oxygen atoms in total. The van der Waals surface area contributed by atoms with Gasteiger partial charge in [-0.3, -0.25) is 0 Å². The normalized spacial score (nSPS) is 19.9. The number of aryl methyl sites for hydroxylation is 1. The fourth-order valence-corrected chi connectivity index (χ4v) is 4.74. The minimum Gasteiger partial charge on any atom is -0.340 e. The van der Waals surface area contributed by atoms with Gasteiger partial charge in [-0.2, -0.15) is 0 Å². The molecule has 1 aromatic heterocycles. The third kappa shape index (κ3) is 2.72. The molecule has 2 aliphatic rings. The van der Waals surface area contributed by atoms with Gasteiger partial charge in [-0.25, -0.2) is 4.98 Å². The first-order chi connectivity index (χ1) is 11.2. The molecule has 0 spiro atoms. The summed E-state index contributed by atoms with van der Waals surface area (Å²) in [5.41, 5.74) is 3.64. The van der Waals surface area contributed by atoms with Gasteiger partial charge in [0.2, 0.25) is 5.95 Å². The molecule has 4 rings (SSSR count). The Bertz CT molecular complexity index is 728. The summed E-state index contributed by atoms with van der Waals surface area (Å²) in [6.07, 6.45) is 5.22. The summed E-state index contributed by atoms with van der Waals surface area (Å²) in [6, 6.07) is 2.83. The molecule has 0 unspecified atom stereocenters. The Balaban J connectivity index is 1.92. The fourth-order valence-electron chi connectivity index (χ4n) is 3.92. The molecule has 0 radical (unpaired) electrons. The molecule has 1 aromatic carbocycles. The molecule has 6 heteroatoms. The number of hydrogen-bond donors (Lipinski definition) is 1. The van der Waals surface area contributed by atoms with Gasteiger partial charge in [0.15, 0.2) is 0 Å². The zero-order valence-corrected chi connectivity index (χ0v) is 16.6. The lowest BCUT2D eigenvalue weighted by Crippen LogP contribution is -2.44. The van der Waals surface area contributed by atoms with Crippen LogP contribution in [0.1, 0.15) is 37.3 Å². The van der Waals surface area contributed by atoms with Crippen molar-refractivity contribution < 1.29 is 0 Å². The van der Waals surface area contributed by atoms with Crippen LogP contribution < -0.4 is 10.2 Å². The second kappa shape index (κ2) is 6.37. The van der Waals surface area contributed by atoms with Crippen molar-refractivity contribution in [2.75, 3.05) is 31.1 Å². The second-order valence-corrected chi connectivity index (χ2v) is 8.27. The van der Waals surface area contributed by atoms with E-state index in [0.717, 1.165) is 40.6 Å². The molecule has 2 aromatic rings. The van der Waals surface area contributed by atoms with Crippen molar-refractivity contribution in [2.45, 2.75) is 38.6 Å². The van der Waals surface area contributed by atoms with E-state index in [4.69, 9.17) is 4.98 Å². The third-order valence-electron chi connectivity index (χ3n) is 5.18. The summed E-state index contributed by atoms with van der Waals surface area (Å²) in [5.74, 6) is 1.17. The van der Waals surface area contributed by atoms with Crippen LogP contribution in [0.15, 0.2) is 15.0 Å². The van der Waals surface area contributed by atoms with Crippen molar-refractivity contribution in [1.29, 1.82) is 0 Å². The van der Waals surface area contributed by atoms with Gasteiger partial charge in [-0.05, 0) is 63.3 Å². The van der Waals surface area contributed by atoms with Crippen molar-refractivity contribution in [1.82, 2.24) is 14.9 Å². The van der Waals surface area contributed by atoms with Crippen molar-refractivity contribution in [3.05, 3.63) is 20.6 Å². The number of nitrogens with one attached hydrogen (secondary N) is 1. The predicted molar refractivity (Wildman–Crippen MR) is 102 cm³/mol. The number of rotatable bonds is 2. The number of halogens is 2. The van der Waals surface area contributed by atoms with Gasteiger partial charge in [0.25, 0.3) is 0 Å². The maximum atomic E-state index is 5.09. The number of hydrogen-bond acceptors (Lipinski definition) is 3. The van der Waals surface area contributed by atoms with Crippen molar-refractivity contribution in [3.63, 3.8) is 0 Å². The molecule has 0 amide bonds. The number of anilines is 1. The van der Waals surface area contributed by atoms with E-state index in [9.17, 15) is 0 Å². The van der Waals surface area contributed by atoms with E-state index < -0.39 is 0 Å². The van der Waals surface area contributed by atoms with Crippen LogP contribution in [-0.4, -0.2) is 35.7 Å². The molecule has 1 saturated heterocycles. The maximum Gasteiger partial charge on any atom is 0.206 e. The Morgan fingerprint density at radius 2 is 1.87 bits per heavy atom. The van der Waals surface area contributed by atoms with Crippen molar-refractivity contribution >= 4 is 48.8 Å².